The van der Waals surface area contributed by atoms with Crippen LogP contribution >= 0.6 is 46.3 Å². The summed E-state index contributed by atoms with van der Waals surface area (Å²) in [6.07, 6.45) is 0.735. The van der Waals surface area contributed by atoms with Crippen LogP contribution in [0.1, 0.15) is 28.3 Å². The lowest BCUT2D eigenvalue weighted by atomic mass is 9.68. The summed E-state index contributed by atoms with van der Waals surface area (Å²) >= 11 is 15.2. The van der Waals surface area contributed by atoms with E-state index >= 15 is 0 Å². The number of carbonyl (C=O) groups is 2. The number of nitrogens with zero attached hydrogens (tertiary/aromatic N) is 2. The van der Waals surface area contributed by atoms with Crippen molar-refractivity contribution < 1.29 is 24.0 Å². The molecule has 5 unspecified atom stereocenters. The smallest absolute Gasteiger partial charge is 0.305 e. The first kappa shape index (κ1) is 30.5. The standard InChI is InChI=1S/C33H25Cl2N3O7S2/c1-44-23-10-14(3-9-22(23)45-13-15-2-4-16(34)11-21(15)35)24-25-19-12-20(28(25)46-30-29(24)47-33(41)36-30)27-26(19)31(39)37(32(27)40)17-5-7-18(8-6-17)38(42)43/h2-11,19-20,24-28H,12-13H2,1H3,(H,36,41)/t19-,20-,24?,25?,26?,27?,28?/m1/s1. The number of imide groups is 1. The largest absolute Gasteiger partial charge is 0.493 e. The van der Waals surface area contributed by atoms with Crippen molar-refractivity contribution >= 4 is 69.5 Å². The van der Waals surface area contributed by atoms with Crippen molar-refractivity contribution in [3.8, 4) is 11.5 Å². The van der Waals surface area contributed by atoms with Crippen molar-refractivity contribution in [1.82, 2.24) is 4.98 Å². The third-order valence-electron chi connectivity index (χ3n) is 9.99. The zero-order valence-corrected chi connectivity index (χ0v) is 27.7. The van der Waals surface area contributed by atoms with Gasteiger partial charge in [-0.1, -0.05) is 46.7 Å². The Morgan fingerprint density at radius 2 is 1.72 bits per heavy atom. The Bertz CT molecular complexity index is 2030. The van der Waals surface area contributed by atoms with Crippen LogP contribution in [0, 0.1) is 39.7 Å². The van der Waals surface area contributed by atoms with Gasteiger partial charge in [0.05, 0.1) is 34.6 Å². The number of carbonyl (C=O) groups excluding carboxylic acids is 2. The number of ether oxygens (including phenoxy) is 2. The lowest BCUT2D eigenvalue weighted by Crippen LogP contribution is -2.42. The zero-order valence-electron chi connectivity index (χ0n) is 24.6. The van der Waals surface area contributed by atoms with Crippen LogP contribution in [0.25, 0.3) is 0 Å². The number of nitro groups is 1. The number of nitro benzene ring substituents is 1. The predicted molar refractivity (Wildman–Crippen MR) is 178 cm³/mol. The Labute approximate surface area is 286 Å². The number of H-pyrrole nitrogens is 1. The van der Waals surface area contributed by atoms with E-state index in [9.17, 15) is 24.5 Å². The van der Waals surface area contributed by atoms with Gasteiger partial charge in [0.15, 0.2) is 11.5 Å². The summed E-state index contributed by atoms with van der Waals surface area (Å²) < 4.78 is 11.9. The molecular weight excluding hydrogens is 685 g/mol. The maximum absolute atomic E-state index is 14.0. The number of anilines is 1. The highest BCUT2D eigenvalue weighted by atomic mass is 35.5. The number of non-ortho nitro benzene ring substituents is 1. The van der Waals surface area contributed by atoms with E-state index in [1.54, 1.807) is 37.1 Å². The molecule has 1 N–H and O–H groups in total. The molecule has 2 bridgehead atoms. The Balaban J connectivity index is 1.13. The fourth-order valence-corrected chi connectivity index (χ4v) is 11.5. The van der Waals surface area contributed by atoms with E-state index in [2.05, 4.69) is 4.98 Å². The number of thiazole rings is 1. The van der Waals surface area contributed by atoms with Crippen LogP contribution in [0.4, 0.5) is 11.4 Å². The second kappa shape index (κ2) is 11.4. The molecule has 0 radical (unpaired) electrons. The minimum absolute atomic E-state index is 0.00605. The van der Waals surface area contributed by atoms with Crippen molar-refractivity contribution in [3.63, 3.8) is 0 Å². The third-order valence-corrected chi connectivity index (χ3v) is 13.2. The molecule has 240 valence electrons. The number of methoxy groups -OCH3 is 1. The van der Waals surface area contributed by atoms with Gasteiger partial charge >= 0.3 is 4.87 Å². The molecule has 4 aliphatic rings. The Hall–Kier alpha value is -3.84. The van der Waals surface area contributed by atoms with Crippen LogP contribution in [-0.2, 0) is 16.2 Å². The average molecular weight is 711 g/mol. The van der Waals surface area contributed by atoms with Gasteiger partial charge in [0, 0.05) is 43.8 Å². The molecule has 2 aliphatic heterocycles. The number of rotatable bonds is 7. The second-order valence-electron chi connectivity index (χ2n) is 12.2. The van der Waals surface area contributed by atoms with E-state index in [-0.39, 0.29) is 57.9 Å². The number of amides is 2. The Morgan fingerprint density at radius 1 is 0.979 bits per heavy atom. The highest BCUT2D eigenvalue weighted by molar-refractivity contribution is 8.00. The molecule has 2 saturated carbocycles. The van der Waals surface area contributed by atoms with Crippen LogP contribution < -0.4 is 19.2 Å². The zero-order chi connectivity index (χ0) is 32.7. The molecule has 4 aromatic rings. The molecule has 2 amide bonds. The van der Waals surface area contributed by atoms with E-state index in [1.807, 2.05) is 18.2 Å². The SMILES string of the molecule is COc1cc(C2c3sc(=O)[nH]c3SC3C2[C@H]2C[C@@H]3C3C(=O)N(c4ccc([N+](=O)[O-])cc4)C(=O)C32)ccc1OCc1ccc(Cl)cc1Cl. The average Bonchev–Trinajstić information content (AvgIpc) is 3.79. The second-order valence-corrected chi connectivity index (χ2v) is 15.2. The molecule has 8 rings (SSSR count). The molecular formula is C33H25Cl2N3O7S2. The van der Waals surface area contributed by atoms with Gasteiger partial charge in [-0.2, -0.15) is 0 Å². The molecule has 3 aromatic carbocycles. The van der Waals surface area contributed by atoms with Crippen molar-refractivity contribution in [1.29, 1.82) is 0 Å². The first-order chi connectivity index (χ1) is 22.6. The van der Waals surface area contributed by atoms with Gasteiger partial charge in [-0.05, 0) is 66.1 Å². The van der Waals surface area contributed by atoms with Crippen LogP contribution in [0.2, 0.25) is 10.0 Å². The molecule has 1 aromatic heterocycles. The van der Waals surface area contributed by atoms with Gasteiger partial charge in [0.25, 0.3) is 5.69 Å². The molecule has 3 fully saturated rings. The van der Waals surface area contributed by atoms with Crippen LogP contribution in [0.5, 0.6) is 11.5 Å². The number of thioether (sulfide) groups is 1. The number of nitrogens with one attached hydrogen (secondary N) is 1. The number of hydrogen-bond acceptors (Lipinski definition) is 9. The molecule has 1 saturated heterocycles. The highest BCUT2D eigenvalue weighted by Gasteiger charge is 2.69. The van der Waals surface area contributed by atoms with Gasteiger partial charge < -0.3 is 14.5 Å². The third kappa shape index (κ3) is 4.79. The summed E-state index contributed by atoms with van der Waals surface area (Å²) in [4.78, 5) is 56.2. The summed E-state index contributed by atoms with van der Waals surface area (Å²) in [6.45, 7) is 0.203. The first-order valence-electron chi connectivity index (χ1n) is 14.9. The Kier molecular flexibility index (Phi) is 7.39. The Morgan fingerprint density at radius 3 is 2.43 bits per heavy atom. The maximum atomic E-state index is 14.0. The molecule has 3 heterocycles. The van der Waals surface area contributed by atoms with E-state index in [1.165, 1.54) is 40.5 Å². The van der Waals surface area contributed by atoms with E-state index in [4.69, 9.17) is 32.7 Å². The molecule has 0 spiro atoms. The fourth-order valence-electron chi connectivity index (χ4n) is 8.16. The number of fused-ring (bicyclic) bond motifs is 9. The van der Waals surface area contributed by atoms with E-state index in [0.717, 1.165) is 27.5 Å². The predicted octanol–water partition coefficient (Wildman–Crippen LogP) is 6.92. The van der Waals surface area contributed by atoms with E-state index < -0.39 is 16.8 Å². The van der Waals surface area contributed by atoms with Gasteiger partial charge in [-0.15, -0.1) is 11.8 Å². The van der Waals surface area contributed by atoms with E-state index in [0.29, 0.717) is 27.2 Å². The number of aromatic nitrogens is 1. The summed E-state index contributed by atoms with van der Waals surface area (Å²) in [5, 5.41) is 13.0. The summed E-state index contributed by atoms with van der Waals surface area (Å²) in [7, 11) is 1.57. The van der Waals surface area contributed by atoms with Crippen LogP contribution in [-0.4, -0.2) is 34.1 Å². The summed E-state index contributed by atoms with van der Waals surface area (Å²) in [5.41, 5.74) is 1.93. The number of benzene rings is 3. The van der Waals surface area contributed by atoms with Crippen molar-refractivity contribution in [2.75, 3.05) is 12.0 Å². The molecule has 14 heteroatoms. The van der Waals surface area contributed by atoms with Crippen LogP contribution in [0.15, 0.2) is 70.5 Å². The minimum Gasteiger partial charge on any atom is -0.493 e. The quantitative estimate of drug-likeness (QED) is 0.124. The lowest BCUT2D eigenvalue weighted by molar-refractivity contribution is -0.384. The van der Waals surface area contributed by atoms with Crippen LogP contribution in [0.3, 0.4) is 0 Å². The lowest BCUT2D eigenvalue weighted by Gasteiger charge is -2.43. The van der Waals surface area contributed by atoms with Crippen molar-refractivity contribution in [2.24, 2.45) is 29.6 Å². The first-order valence-corrected chi connectivity index (χ1v) is 17.4. The topological polar surface area (TPSA) is 132 Å². The number of hydrogen-bond donors (Lipinski definition) is 1. The molecule has 10 nitrogen and oxygen atoms in total. The summed E-state index contributed by atoms with van der Waals surface area (Å²) in [6, 6.07) is 16.5. The monoisotopic (exact) mass is 709 g/mol. The maximum Gasteiger partial charge on any atom is 0.305 e. The van der Waals surface area contributed by atoms with Crippen molar-refractivity contribution in [3.05, 3.63) is 106 Å². The normalized spacial score (nSPS) is 27.0. The fraction of sp³-hybridized carbons (Fsp3) is 0.303. The summed E-state index contributed by atoms with van der Waals surface area (Å²) in [5.74, 6) is -0.835. The van der Waals surface area contributed by atoms with Gasteiger partial charge in [0.2, 0.25) is 11.8 Å². The molecule has 7 atom stereocenters. The van der Waals surface area contributed by atoms with Crippen molar-refractivity contribution in [2.45, 2.75) is 29.2 Å². The van der Waals surface area contributed by atoms with Gasteiger partial charge in [-0.25, -0.2) is 0 Å². The number of halogens is 2. The van der Waals surface area contributed by atoms with Gasteiger partial charge in [-0.3, -0.25) is 29.4 Å². The highest BCUT2D eigenvalue weighted by Crippen LogP contribution is 2.68. The van der Waals surface area contributed by atoms with Gasteiger partial charge in [0.1, 0.15) is 6.61 Å². The molecule has 47 heavy (non-hydrogen) atoms. The number of aromatic amines is 1. The molecule has 2 aliphatic carbocycles. The minimum atomic E-state index is -0.514.